The van der Waals surface area contributed by atoms with E-state index < -0.39 is 0 Å². The summed E-state index contributed by atoms with van der Waals surface area (Å²) in [5.41, 5.74) is 1.05. The number of nitrogens with zero attached hydrogens (tertiary/aromatic N) is 2. The van der Waals surface area contributed by atoms with E-state index in [1.165, 1.54) is 0 Å². The Bertz CT molecular complexity index is 637. The molecule has 0 N–H and O–H groups in total. The Morgan fingerprint density at radius 1 is 0.789 bits per heavy atom. The largest absolute Gasteiger partial charge is 0.192 e. The number of halogens is 3. The van der Waals surface area contributed by atoms with E-state index in [2.05, 4.69) is 0 Å². The van der Waals surface area contributed by atoms with Crippen molar-refractivity contribution in [2.24, 2.45) is 0 Å². The van der Waals surface area contributed by atoms with Crippen LogP contribution in [-0.4, -0.2) is 0 Å². The minimum atomic E-state index is 0.326. The fourth-order valence-electron chi connectivity index (χ4n) is 1.11. The summed E-state index contributed by atoms with van der Waals surface area (Å²) in [6, 6.07) is 15.6. The molecule has 0 unspecified atom stereocenters. The molecule has 2 aromatic carbocycles. The molecule has 0 saturated heterocycles. The molecule has 0 aliphatic carbocycles. The zero-order chi connectivity index (χ0) is 14.3. The maximum Gasteiger partial charge on any atom is 0.101 e. The van der Waals surface area contributed by atoms with Gasteiger partial charge in [-0.3, -0.25) is 0 Å². The minimum absolute atomic E-state index is 0.326. The van der Waals surface area contributed by atoms with E-state index >= 15 is 0 Å². The van der Waals surface area contributed by atoms with Gasteiger partial charge in [-0.25, -0.2) is 0 Å². The lowest BCUT2D eigenvalue weighted by molar-refractivity contribution is 1.48. The third-order valence-electron chi connectivity index (χ3n) is 2.05. The second-order valence-corrected chi connectivity index (χ2v) is 4.55. The summed E-state index contributed by atoms with van der Waals surface area (Å²) in [4.78, 5) is 0. The van der Waals surface area contributed by atoms with E-state index in [-0.39, 0.29) is 0 Å². The summed E-state index contributed by atoms with van der Waals surface area (Å²) in [5.74, 6) is 0. The predicted octanol–water partition coefficient (Wildman–Crippen LogP) is 5.08. The van der Waals surface area contributed by atoms with Crippen LogP contribution >= 0.6 is 34.8 Å². The highest BCUT2D eigenvalue weighted by atomic mass is 35.5. The number of hydrogen-bond donors (Lipinski definition) is 0. The molecule has 2 rings (SSSR count). The molecule has 19 heavy (non-hydrogen) atoms. The van der Waals surface area contributed by atoms with Crippen molar-refractivity contribution in [1.29, 1.82) is 10.5 Å². The van der Waals surface area contributed by atoms with Gasteiger partial charge in [-0.05, 0) is 36.4 Å². The highest BCUT2D eigenvalue weighted by Gasteiger charge is 2.00. The van der Waals surface area contributed by atoms with Crippen molar-refractivity contribution in [2.45, 2.75) is 0 Å². The standard InChI is InChI=1S/C7H3Cl2N.C7H4ClN/c8-6-3-1-2-5(4-10)7(6)9;8-7-3-1-6(5-9)2-4-7/h1-3H;1-4H. The maximum absolute atomic E-state index is 8.45. The van der Waals surface area contributed by atoms with E-state index in [9.17, 15) is 0 Å². The third-order valence-corrected chi connectivity index (χ3v) is 3.12. The Morgan fingerprint density at radius 3 is 1.89 bits per heavy atom. The highest BCUT2D eigenvalue weighted by molar-refractivity contribution is 6.42. The second kappa shape index (κ2) is 7.67. The highest BCUT2D eigenvalue weighted by Crippen LogP contribution is 2.24. The topological polar surface area (TPSA) is 47.6 Å². The summed E-state index contributed by atoms with van der Waals surface area (Å²) in [6.07, 6.45) is 0. The lowest BCUT2D eigenvalue weighted by Gasteiger charge is -1.94. The van der Waals surface area contributed by atoms with Crippen molar-refractivity contribution in [1.82, 2.24) is 0 Å². The normalized spacial score (nSPS) is 8.68. The van der Waals surface area contributed by atoms with Crippen LogP contribution in [0.1, 0.15) is 11.1 Å². The van der Waals surface area contributed by atoms with Gasteiger partial charge in [-0.15, -0.1) is 0 Å². The van der Waals surface area contributed by atoms with Crippen molar-refractivity contribution in [3.05, 3.63) is 68.7 Å². The van der Waals surface area contributed by atoms with Crippen LogP contribution in [0.15, 0.2) is 42.5 Å². The van der Waals surface area contributed by atoms with Gasteiger partial charge in [0.05, 0.1) is 27.2 Å². The molecular formula is C14H7Cl3N2. The molecule has 0 aliphatic heterocycles. The van der Waals surface area contributed by atoms with Crippen molar-refractivity contribution in [3.8, 4) is 12.1 Å². The minimum Gasteiger partial charge on any atom is -0.192 e. The Kier molecular flexibility index (Phi) is 6.19. The molecule has 2 aromatic rings. The quantitative estimate of drug-likeness (QED) is 0.681. The van der Waals surface area contributed by atoms with Crippen molar-refractivity contribution >= 4 is 34.8 Å². The van der Waals surface area contributed by atoms with Gasteiger partial charge in [0, 0.05) is 5.02 Å². The van der Waals surface area contributed by atoms with Crippen LogP contribution in [0, 0.1) is 22.7 Å². The first kappa shape index (κ1) is 15.3. The van der Waals surface area contributed by atoms with Crippen LogP contribution in [0.4, 0.5) is 0 Å². The Balaban J connectivity index is 0.000000191. The zero-order valence-corrected chi connectivity index (χ0v) is 11.8. The average Bonchev–Trinajstić information content (AvgIpc) is 2.43. The molecule has 0 saturated carbocycles. The van der Waals surface area contributed by atoms with Crippen molar-refractivity contribution in [3.63, 3.8) is 0 Å². The van der Waals surface area contributed by atoms with Crippen LogP contribution < -0.4 is 0 Å². The number of nitriles is 2. The van der Waals surface area contributed by atoms with Crippen LogP contribution in [0.3, 0.4) is 0 Å². The van der Waals surface area contributed by atoms with Gasteiger partial charge in [0.1, 0.15) is 6.07 Å². The second-order valence-electron chi connectivity index (χ2n) is 3.33. The summed E-state index contributed by atoms with van der Waals surface area (Å²) in [5, 5.41) is 18.2. The molecule has 0 heterocycles. The van der Waals surface area contributed by atoms with Crippen molar-refractivity contribution in [2.75, 3.05) is 0 Å². The predicted molar refractivity (Wildman–Crippen MR) is 77.3 cm³/mol. The molecule has 0 bridgehead atoms. The SMILES string of the molecule is N#Cc1ccc(Cl)cc1.N#Cc1cccc(Cl)c1Cl. The molecule has 5 heteroatoms. The van der Waals surface area contributed by atoms with E-state index in [0.29, 0.717) is 26.2 Å². The molecule has 0 spiro atoms. The van der Waals surface area contributed by atoms with Crippen molar-refractivity contribution < 1.29 is 0 Å². The monoisotopic (exact) mass is 308 g/mol. The average molecular weight is 310 g/mol. The summed E-state index contributed by atoms with van der Waals surface area (Å²) in [6.45, 7) is 0. The Labute approximate surface area is 126 Å². The van der Waals surface area contributed by atoms with E-state index in [4.69, 9.17) is 45.3 Å². The molecule has 0 atom stereocenters. The number of hydrogen-bond acceptors (Lipinski definition) is 2. The maximum atomic E-state index is 8.45. The lowest BCUT2D eigenvalue weighted by Crippen LogP contribution is -1.75. The van der Waals surface area contributed by atoms with Gasteiger partial charge in [0.15, 0.2) is 0 Å². The molecule has 0 radical (unpaired) electrons. The van der Waals surface area contributed by atoms with Gasteiger partial charge in [-0.2, -0.15) is 10.5 Å². The first-order valence-electron chi connectivity index (χ1n) is 5.08. The van der Waals surface area contributed by atoms with Gasteiger partial charge < -0.3 is 0 Å². The molecule has 0 amide bonds. The van der Waals surface area contributed by atoms with Crippen LogP contribution in [0.2, 0.25) is 15.1 Å². The molecule has 2 nitrogen and oxygen atoms in total. The first-order chi connectivity index (χ1) is 9.08. The lowest BCUT2D eigenvalue weighted by atomic mass is 10.2. The molecule has 0 fully saturated rings. The van der Waals surface area contributed by atoms with Gasteiger partial charge in [0.2, 0.25) is 0 Å². The fraction of sp³-hybridized carbons (Fsp3) is 0. The van der Waals surface area contributed by atoms with Gasteiger partial charge in [0.25, 0.3) is 0 Å². The zero-order valence-electron chi connectivity index (χ0n) is 9.57. The van der Waals surface area contributed by atoms with E-state index in [1.54, 1.807) is 42.5 Å². The summed E-state index contributed by atoms with van der Waals surface area (Å²) >= 11 is 16.8. The Hall–Kier alpha value is -1.71. The van der Waals surface area contributed by atoms with Gasteiger partial charge in [-0.1, -0.05) is 40.9 Å². The summed E-state index contributed by atoms with van der Waals surface area (Å²) < 4.78 is 0. The molecule has 94 valence electrons. The van der Waals surface area contributed by atoms with Crippen LogP contribution in [0.25, 0.3) is 0 Å². The van der Waals surface area contributed by atoms with Crippen LogP contribution in [-0.2, 0) is 0 Å². The Morgan fingerprint density at radius 2 is 1.42 bits per heavy atom. The number of rotatable bonds is 0. The van der Waals surface area contributed by atoms with E-state index in [1.807, 2.05) is 12.1 Å². The fourth-order valence-corrected chi connectivity index (χ4v) is 1.58. The molecule has 0 aliphatic rings. The smallest absolute Gasteiger partial charge is 0.101 e. The summed E-state index contributed by atoms with van der Waals surface area (Å²) in [7, 11) is 0. The first-order valence-corrected chi connectivity index (χ1v) is 6.21. The molecule has 0 aromatic heterocycles. The third kappa shape index (κ3) is 4.81. The van der Waals surface area contributed by atoms with E-state index in [0.717, 1.165) is 0 Å². The molecular weight excluding hydrogens is 303 g/mol. The van der Waals surface area contributed by atoms with Crippen LogP contribution in [0.5, 0.6) is 0 Å². The van der Waals surface area contributed by atoms with Gasteiger partial charge >= 0.3 is 0 Å². The number of benzene rings is 2.